The maximum Gasteiger partial charge on any atom is 0.396 e. The summed E-state index contributed by atoms with van der Waals surface area (Å²) in [6.45, 7) is 0. The molecule has 0 N–H and O–H groups in total. The smallest absolute Gasteiger partial charge is 0.241 e. The van der Waals surface area contributed by atoms with Crippen LogP contribution in [0, 0.1) is 0 Å². The minimum absolute atomic E-state index is 0.00331. The fourth-order valence-corrected chi connectivity index (χ4v) is 1.69. The molecule has 3 nitrogen and oxygen atoms in total. The minimum atomic E-state index is -4.35. The van der Waals surface area contributed by atoms with Crippen LogP contribution in [0.5, 0.6) is 0 Å². The molecule has 0 aromatic carbocycles. The summed E-state index contributed by atoms with van der Waals surface area (Å²) in [5, 5.41) is -0.181. The Balaban J connectivity index is 2.56. The molecule has 0 spiro atoms. The third-order valence-corrected chi connectivity index (χ3v) is 2.41. The summed E-state index contributed by atoms with van der Waals surface area (Å²) in [5.74, 6) is -1.65. The van der Waals surface area contributed by atoms with Crippen LogP contribution in [0.2, 0.25) is 5.15 Å². The molecule has 0 saturated carbocycles. The van der Waals surface area contributed by atoms with E-state index in [1.807, 2.05) is 0 Å². The lowest BCUT2D eigenvalue weighted by Gasteiger charge is -2.22. The van der Waals surface area contributed by atoms with Crippen molar-refractivity contribution in [2.45, 2.75) is 18.5 Å². The predicted molar refractivity (Wildman–Crippen MR) is 48.6 cm³/mol. The zero-order chi connectivity index (χ0) is 11.1. The van der Waals surface area contributed by atoms with Gasteiger partial charge >= 0.3 is 6.18 Å². The summed E-state index contributed by atoms with van der Waals surface area (Å²) in [4.78, 5) is 10.9. The van der Waals surface area contributed by atoms with Crippen molar-refractivity contribution < 1.29 is 13.2 Å². The molecule has 1 aromatic rings. The van der Waals surface area contributed by atoms with Gasteiger partial charge in [0.1, 0.15) is 11.5 Å². The number of rotatable bonds is 0. The van der Waals surface area contributed by atoms with Crippen molar-refractivity contribution in [3.63, 3.8) is 0 Å². The number of halogens is 4. The van der Waals surface area contributed by atoms with Crippen molar-refractivity contribution in [2.24, 2.45) is 4.99 Å². The molecular formula is C8H5ClF3N3. The summed E-state index contributed by atoms with van der Waals surface area (Å²) in [6.07, 6.45) is -2.28. The fraction of sp³-hybridized carbons (Fsp3) is 0.375. The van der Waals surface area contributed by atoms with Crippen LogP contribution in [-0.2, 0) is 0 Å². The topological polar surface area (TPSA) is 38.1 Å². The lowest BCUT2D eigenvalue weighted by molar-refractivity contribution is -0.148. The first kappa shape index (κ1) is 10.4. The van der Waals surface area contributed by atoms with Gasteiger partial charge in [0.05, 0.1) is 5.92 Å². The zero-order valence-corrected chi connectivity index (χ0v) is 8.05. The number of alkyl halides is 3. The van der Waals surface area contributed by atoms with Crippen LogP contribution < -0.4 is 0 Å². The lowest BCUT2D eigenvalue weighted by atomic mass is 9.95. The highest BCUT2D eigenvalue weighted by molar-refractivity contribution is 6.30. The van der Waals surface area contributed by atoms with Crippen molar-refractivity contribution in [1.82, 2.24) is 9.97 Å². The molecular weight excluding hydrogens is 231 g/mol. The molecule has 1 atom stereocenters. The number of aromatic nitrogens is 2. The summed E-state index contributed by atoms with van der Waals surface area (Å²) in [6, 6.07) is 0. The van der Waals surface area contributed by atoms with Crippen LogP contribution in [0.4, 0.5) is 19.0 Å². The monoisotopic (exact) mass is 235 g/mol. The van der Waals surface area contributed by atoms with Crippen molar-refractivity contribution in [3.05, 3.63) is 17.0 Å². The molecule has 0 radical (unpaired) electrons. The van der Waals surface area contributed by atoms with E-state index in [1.165, 1.54) is 6.21 Å². The number of hydrogen-bond acceptors (Lipinski definition) is 3. The molecule has 0 fully saturated rings. The molecule has 7 heteroatoms. The van der Waals surface area contributed by atoms with Crippen LogP contribution in [0.25, 0.3) is 0 Å². The van der Waals surface area contributed by atoms with Gasteiger partial charge in [0.15, 0.2) is 5.82 Å². The first-order chi connectivity index (χ1) is 7.00. The SMILES string of the molecule is FC(F)(F)[C@@H]1CC=Nc2ncnc(Cl)c21. The van der Waals surface area contributed by atoms with Gasteiger partial charge in [0.25, 0.3) is 0 Å². The van der Waals surface area contributed by atoms with Gasteiger partial charge in [0.2, 0.25) is 0 Å². The summed E-state index contributed by atoms with van der Waals surface area (Å²) >= 11 is 5.62. The molecule has 2 rings (SSSR count). The molecule has 0 unspecified atom stereocenters. The van der Waals surface area contributed by atoms with Crippen molar-refractivity contribution >= 4 is 23.6 Å². The third-order valence-electron chi connectivity index (χ3n) is 2.11. The number of nitrogens with zero attached hydrogens (tertiary/aromatic N) is 3. The van der Waals surface area contributed by atoms with E-state index in [4.69, 9.17) is 11.6 Å². The first-order valence-corrected chi connectivity index (χ1v) is 4.47. The van der Waals surface area contributed by atoms with E-state index < -0.39 is 12.1 Å². The van der Waals surface area contributed by atoms with Crippen molar-refractivity contribution in [1.29, 1.82) is 0 Å². The van der Waals surface area contributed by atoms with E-state index in [9.17, 15) is 13.2 Å². The average Bonchev–Trinajstić information content (AvgIpc) is 2.16. The van der Waals surface area contributed by atoms with Crippen LogP contribution in [-0.4, -0.2) is 22.4 Å². The normalized spacial score (nSPS) is 20.1. The average molecular weight is 236 g/mol. The lowest BCUT2D eigenvalue weighted by Crippen LogP contribution is -2.23. The molecule has 2 heterocycles. The van der Waals surface area contributed by atoms with Crippen molar-refractivity contribution in [3.8, 4) is 0 Å². The molecule has 1 aromatic heterocycles. The Labute approximate surface area is 88.0 Å². The van der Waals surface area contributed by atoms with Gasteiger partial charge in [-0.25, -0.2) is 15.0 Å². The van der Waals surface area contributed by atoms with Crippen molar-refractivity contribution in [2.75, 3.05) is 0 Å². The van der Waals surface area contributed by atoms with E-state index in [1.54, 1.807) is 0 Å². The van der Waals surface area contributed by atoms with Crippen LogP contribution in [0.1, 0.15) is 17.9 Å². The molecule has 80 valence electrons. The second-order valence-corrected chi connectivity index (χ2v) is 3.40. The Kier molecular flexibility index (Phi) is 2.38. The minimum Gasteiger partial charge on any atom is -0.241 e. The third kappa shape index (κ3) is 1.81. The Morgan fingerprint density at radius 1 is 1.33 bits per heavy atom. The molecule has 1 aliphatic rings. The van der Waals surface area contributed by atoms with Gasteiger partial charge in [-0.1, -0.05) is 11.6 Å². The summed E-state index contributed by atoms with van der Waals surface area (Å²) in [7, 11) is 0. The highest BCUT2D eigenvalue weighted by Gasteiger charge is 2.44. The molecule has 1 aliphatic heterocycles. The van der Waals surface area contributed by atoms with Gasteiger partial charge in [-0.15, -0.1) is 0 Å². The van der Waals surface area contributed by atoms with Gasteiger partial charge < -0.3 is 0 Å². The molecule has 0 amide bonds. The van der Waals surface area contributed by atoms with E-state index in [2.05, 4.69) is 15.0 Å². The second-order valence-electron chi connectivity index (χ2n) is 3.04. The van der Waals surface area contributed by atoms with Gasteiger partial charge in [-0.3, -0.25) is 0 Å². The van der Waals surface area contributed by atoms with Gasteiger partial charge in [-0.2, -0.15) is 13.2 Å². The van der Waals surface area contributed by atoms with E-state index in [0.29, 0.717) is 0 Å². The van der Waals surface area contributed by atoms with Crippen LogP contribution in [0.15, 0.2) is 11.3 Å². The first-order valence-electron chi connectivity index (χ1n) is 4.10. The highest BCUT2D eigenvalue weighted by atomic mass is 35.5. The van der Waals surface area contributed by atoms with Crippen LogP contribution in [0.3, 0.4) is 0 Å². The Bertz CT molecular complexity index is 416. The number of hydrogen-bond donors (Lipinski definition) is 0. The number of fused-ring (bicyclic) bond motifs is 1. The molecule has 0 aliphatic carbocycles. The second kappa shape index (κ2) is 3.44. The standard InChI is InChI=1S/C8H5ClF3N3/c9-6-5-4(8(10,11)12)1-2-13-7(5)15-3-14-6/h2-4H,1H2/t4-/m1/s1. The quantitative estimate of drug-likeness (QED) is 0.649. The highest BCUT2D eigenvalue weighted by Crippen LogP contribution is 2.44. The Hall–Kier alpha value is -1.17. The molecule has 0 saturated heterocycles. The van der Waals surface area contributed by atoms with Crippen LogP contribution >= 0.6 is 11.6 Å². The summed E-state index contributed by atoms with van der Waals surface area (Å²) in [5.41, 5.74) is -0.130. The molecule has 15 heavy (non-hydrogen) atoms. The fourth-order valence-electron chi connectivity index (χ4n) is 1.43. The van der Waals surface area contributed by atoms with E-state index in [-0.39, 0.29) is 23.0 Å². The maximum atomic E-state index is 12.6. The van der Waals surface area contributed by atoms with Gasteiger partial charge in [-0.05, 0) is 6.42 Å². The maximum absolute atomic E-state index is 12.6. The largest absolute Gasteiger partial charge is 0.396 e. The Morgan fingerprint density at radius 3 is 2.73 bits per heavy atom. The van der Waals surface area contributed by atoms with Gasteiger partial charge in [0, 0.05) is 11.8 Å². The van der Waals surface area contributed by atoms with E-state index in [0.717, 1.165) is 6.33 Å². The number of aliphatic imine (C=N–C) groups is 1. The Morgan fingerprint density at radius 2 is 2.07 bits per heavy atom. The predicted octanol–water partition coefficient (Wildman–Crippen LogP) is 2.88. The van der Waals surface area contributed by atoms with E-state index >= 15 is 0 Å². The zero-order valence-electron chi connectivity index (χ0n) is 7.29. The summed E-state index contributed by atoms with van der Waals surface area (Å²) < 4.78 is 37.9. The molecule has 0 bridgehead atoms.